The van der Waals surface area contributed by atoms with Gasteiger partial charge < -0.3 is 9.80 Å². The van der Waals surface area contributed by atoms with E-state index in [4.69, 9.17) is 0 Å². The molecule has 5 aliphatic carbocycles. The highest BCUT2D eigenvalue weighted by atomic mass is 15.2. The van der Waals surface area contributed by atoms with Gasteiger partial charge in [0.25, 0.3) is 0 Å². The summed E-state index contributed by atoms with van der Waals surface area (Å²) in [4.78, 5) is 5.05. The number of aryl methyl sites for hydroxylation is 1. The summed E-state index contributed by atoms with van der Waals surface area (Å²) in [5.41, 5.74) is 20.0. The number of fused-ring (bicyclic) bond motifs is 8. The fraction of sp³-hybridized carbons (Fsp3) is 0.176. The van der Waals surface area contributed by atoms with Gasteiger partial charge in [-0.05, 0) is 151 Å². The summed E-state index contributed by atoms with van der Waals surface area (Å²) in [5.74, 6) is 0. The lowest BCUT2D eigenvalue weighted by Crippen LogP contribution is -2.38. The van der Waals surface area contributed by atoms with E-state index in [1.807, 2.05) is 0 Å². The van der Waals surface area contributed by atoms with Gasteiger partial charge in [0.1, 0.15) is 0 Å². The zero-order valence-electron chi connectivity index (χ0n) is 30.6. The maximum atomic E-state index is 2.61. The number of rotatable bonds is 6. The van der Waals surface area contributed by atoms with Crippen molar-refractivity contribution in [1.82, 2.24) is 0 Å². The molecule has 0 fully saturated rings. The third-order valence-electron chi connectivity index (χ3n) is 12.1. The summed E-state index contributed by atoms with van der Waals surface area (Å²) in [6.45, 7) is 4.47. The Kier molecular flexibility index (Phi) is 7.61. The van der Waals surface area contributed by atoms with Gasteiger partial charge in [-0.15, -0.1) is 0 Å². The average Bonchev–Trinajstić information content (AvgIpc) is 3.66. The summed E-state index contributed by atoms with van der Waals surface area (Å²) >= 11 is 0. The van der Waals surface area contributed by atoms with Crippen LogP contribution in [0.3, 0.4) is 0 Å². The van der Waals surface area contributed by atoms with E-state index >= 15 is 0 Å². The highest BCUT2D eigenvalue weighted by Gasteiger charge is 2.54. The number of para-hydroxylation sites is 2. The first-order chi connectivity index (χ1) is 26.1. The average molecular weight is 685 g/mol. The Morgan fingerprint density at radius 2 is 1.30 bits per heavy atom. The van der Waals surface area contributed by atoms with Crippen LogP contribution in [0, 0.1) is 6.92 Å². The molecule has 0 amide bonds. The molecule has 0 aliphatic heterocycles. The van der Waals surface area contributed by atoms with E-state index in [2.05, 4.69) is 187 Å². The van der Waals surface area contributed by atoms with Crippen LogP contribution in [-0.2, 0) is 5.41 Å². The molecule has 0 saturated carbocycles. The monoisotopic (exact) mass is 684 g/mol. The number of allylic oxidation sites excluding steroid dienone is 9. The maximum absolute atomic E-state index is 2.61. The van der Waals surface area contributed by atoms with Crippen molar-refractivity contribution in [2.45, 2.75) is 57.4 Å². The summed E-state index contributed by atoms with van der Waals surface area (Å²) in [6.07, 6.45) is 19.9. The third-order valence-corrected chi connectivity index (χ3v) is 12.1. The van der Waals surface area contributed by atoms with E-state index in [1.165, 1.54) is 67.3 Å². The quantitative estimate of drug-likeness (QED) is 0.176. The van der Waals surface area contributed by atoms with Crippen LogP contribution in [0.1, 0.15) is 66.8 Å². The first kappa shape index (κ1) is 31.8. The molecule has 258 valence electrons. The van der Waals surface area contributed by atoms with E-state index in [0.717, 1.165) is 37.8 Å². The standard InChI is InChI=1S/C51H44N2/c1-35-15-13-21-39(31-35)52(37-17-5-3-6-18-37)41-27-29-45-46-30-28-42(53(38-19-7-4-8-20-38)40-22-14-16-36(2)32-40)34-50(46)51(49(45)33-41)47-25-11-9-23-43(47)44-24-10-12-26-48(44)51/h3-11,13,15,17-25,27-33,42H,12,14,16,26,34H2,1-2H3. The summed E-state index contributed by atoms with van der Waals surface area (Å²) in [5, 5.41) is 0. The maximum Gasteiger partial charge on any atom is 0.0653 e. The van der Waals surface area contributed by atoms with E-state index < -0.39 is 0 Å². The second kappa shape index (κ2) is 12.7. The van der Waals surface area contributed by atoms with E-state index in [1.54, 1.807) is 11.1 Å². The lowest BCUT2D eigenvalue weighted by Gasteiger charge is -2.41. The molecule has 10 rings (SSSR count). The van der Waals surface area contributed by atoms with Crippen molar-refractivity contribution >= 4 is 33.9 Å². The molecule has 53 heavy (non-hydrogen) atoms. The topological polar surface area (TPSA) is 6.48 Å². The minimum Gasteiger partial charge on any atom is -0.335 e. The largest absolute Gasteiger partial charge is 0.335 e. The summed E-state index contributed by atoms with van der Waals surface area (Å²) < 4.78 is 0. The lowest BCUT2D eigenvalue weighted by molar-refractivity contribution is 0.624. The number of hydrogen-bond donors (Lipinski definition) is 0. The molecule has 2 unspecified atom stereocenters. The smallest absolute Gasteiger partial charge is 0.0653 e. The van der Waals surface area contributed by atoms with Gasteiger partial charge in [0.15, 0.2) is 0 Å². The lowest BCUT2D eigenvalue weighted by atomic mass is 9.65. The minimum atomic E-state index is -0.329. The zero-order chi connectivity index (χ0) is 35.5. The number of benzene rings is 5. The van der Waals surface area contributed by atoms with Crippen LogP contribution in [0.2, 0.25) is 0 Å². The summed E-state index contributed by atoms with van der Waals surface area (Å²) in [6, 6.07) is 47.6. The third kappa shape index (κ3) is 5.00. The van der Waals surface area contributed by atoms with Gasteiger partial charge in [0, 0.05) is 28.4 Å². The fourth-order valence-corrected chi connectivity index (χ4v) is 9.94. The van der Waals surface area contributed by atoms with Crippen LogP contribution >= 0.6 is 0 Å². The van der Waals surface area contributed by atoms with E-state index in [0.29, 0.717) is 0 Å². The Morgan fingerprint density at radius 1 is 0.585 bits per heavy atom. The molecule has 5 aliphatic rings. The minimum absolute atomic E-state index is 0.180. The van der Waals surface area contributed by atoms with Crippen molar-refractivity contribution in [3.05, 3.63) is 214 Å². The Bertz CT molecular complexity index is 2450. The van der Waals surface area contributed by atoms with Crippen molar-refractivity contribution in [2.75, 3.05) is 9.80 Å². The number of anilines is 4. The Morgan fingerprint density at radius 3 is 2.11 bits per heavy atom. The van der Waals surface area contributed by atoms with Crippen LogP contribution in [0.5, 0.6) is 0 Å². The van der Waals surface area contributed by atoms with Crippen LogP contribution in [-0.4, -0.2) is 6.04 Å². The van der Waals surface area contributed by atoms with Gasteiger partial charge in [-0.3, -0.25) is 0 Å². The Labute approximate surface area is 314 Å². The van der Waals surface area contributed by atoms with Crippen molar-refractivity contribution < 1.29 is 0 Å². The molecule has 2 heteroatoms. The van der Waals surface area contributed by atoms with E-state index in [-0.39, 0.29) is 11.5 Å². The van der Waals surface area contributed by atoms with Crippen LogP contribution < -0.4 is 9.80 Å². The van der Waals surface area contributed by atoms with Gasteiger partial charge in [-0.1, -0.05) is 115 Å². The molecule has 2 nitrogen and oxygen atoms in total. The molecule has 0 radical (unpaired) electrons. The van der Waals surface area contributed by atoms with E-state index in [9.17, 15) is 0 Å². The van der Waals surface area contributed by atoms with Gasteiger partial charge in [-0.2, -0.15) is 0 Å². The molecule has 0 saturated heterocycles. The van der Waals surface area contributed by atoms with Crippen molar-refractivity contribution in [2.24, 2.45) is 0 Å². The van der Waals surface area contributed by atoms with Crippen molar-refractivity contribution in [3.8, 4) is 0 Å². The molecular weight excluding hydrogens is 641 g/mol. The van der Waals surface area contributed by atoms with Crippen LogP contribution in [0.25, 0.3) is 11.1 Å². The molecule has 0 bridgehead atoms. The number of nitrogens with zero attached hydrogens (tertiary/aromatic N) is 2. The molecule has 0 heterocycles. The SMILES string of the molecule is CC1=CC(N(c2ccccc2)C2C=CC3=C(C2)C2(C4=C(C=CCC4)c4ccccc42)c2cc(N(c4ccccc4)c4cccc(C)c4)ccc23)=CCC1. The van der Waals surface area contributed by atoms with Gasteiger partial charge in [-0.25, -0.2) is 0 Å². The Hall–Kier alpha value is -5.86. The predicted octanol–water partition coefficient (Wildman–Crippen LogP) is 13.1. The van der Waals surface area contributed by atoms with Crippen molar-refractivity contribution in [3.63, 3.8) is 0 Å². The first-order valence-corrected chi connectivity index (χ1v) is 19.3. The first-order valence-electron chi connectivity index (χ1n) is 19.3. The summed E-state index contributed by atoms with van der Waals surface area (Å²) in [7, 11) is 0. The molecular formula is C51H44N2. The van der Waals surface area contributed by atoms with Gasteiger partial charge in [0.2, 0.25) is 0 Å². The highest BCUT2D eigenvalue weighted by molar-refractivity contribution is 5.99. The Balaban J connectivity index is 1.19. The molecule has 1 spiro atoms. The second-order valence-electron chi connectivity index (χ2n) is 15.3. The fourth-order valence-electron chi connectivity index (χ4n) is 9.94. The number of hydrogen-bond acceptors (Lipinski definition) is 2. The zero-order valence-corrected chi connectivity index (χ0v) is 30.6. The van der Waals surface area contributed by atoms with Crippen molar-refractivity contribution in [1.29, 1.82) is 0 Å². The normalized spacial score (nSPS) is 20.8. The molecule has 0 aromatic heterocycles. The molecule has 0 N–H and O–H groups in total. The molecule has 2 atom stereocenters. The predicted molar refractivity (Wildman–Crippen MR) is 223 cm³/mol. The second-order valence-corrected chi connectivity index (χ2v) is 15.3. The van der Waals surface area contributed by atoms with Crippen LogP contribution in [0.4, 0.5) is 22.7 Å². The molecule has 5 aromatic rings. The van der Waals surface area contributed by atoms with Gasteiger partial charge >= 0.3 is 0 Å². The highest BCUT2D eigenvalue weighted by Crippen LogP contribution is 2.65. The van der Waals surface area contributed by atoms with Gasteiger partial charge in [0.05, 0.1) is 11.5 Å². The molecule has 5 aromatic carbocycles. The van der Waals surface area contributed by atoms with Crippen LogP contribution in [0.15, 0.2) is 186 Å².